The summed E-state index contributed by atoms with van der Waals surface area (Å²) in [7, 11) is 1.52. The number of ether oxygens (including phenoxy) is 1. The van der Waals surface area contributed by atoms with Gasteiger partial charge in [0.25, 0.3) is 11.8 Å². The summed E-state index contributed by atoms with van der Waals surface area (Å²) in [5.74, 6) is 0.0112. The molecule has 0 spiro atoms. The van der Waals surface area contributed by atoms with Crippen LogP contribution in [-0.2, 0) is 13.1 Å². The maximum atomic E-state index is 12.5. The van der Waals surface area contributed by atoms with Crippen LogP contribution in [-0.4, -0.2) is 45.3 Å². The van der Waals surface area contributed by atoms with Gasteiger partial charge in [-0.2, -0.15) is 0 Å². The number of nitrogens with zero attached hydrogens (tertiary/aromatic N) is 4. The first-order chi connectivity index (χ1) is 13.6. The number of nitrogens with one attached hydrogen (secondary N) is 1. The quantitative estimate of drug-likeness (QED) is 0.730. The third-order valence-corrected chi connectivity index (χ3v) is 4.71. The van der Waals surface area contributed by atoms with Crippen LogP contribution in [0.2, 0.25) is 0 Å². The lowest BCUT2D eigenvalue weighted by atomic mass is 10.1. The Labute approximate surface area is 161 Å². The highest BCUT2D eigenvalue weighted by molar-refractivity contribution is 5.98. The standard InChI is InChI=1S/C20H19N5O3/c1-3-25-11-16-14(20(25)27)9-13(19(24-16)28-2)10-22-18(26)15-7-6-12-5-4-8-21-17(12)23-15/h4-9H,3,10-11H2,1-2H3,(H,22,26). The largest absolute Gasteiger partial charge is 0.481 e. The molecule has 8 heteroatoms. The van der Waals surface area contributed by atoms with Gasteiger partial charge in [-0.25, -0.2) is 15.0 Å². The molecule has 1 aliphatic rings. The van der Waals surface area contributed by atoms with E-state index < -0.39 is 0 Å². The minimum atomic E-state index is -0.336. The van der Waals surface area contributed by atoms with Crippen LogP contribution in [0, 0.1) is 0 Å². The first-order valence-corrected chi connectivity index (χ1v) is 8.96. The molecular weight excluding hydrogens is 358 g/mol. The lowest BCUT2D eigenvalue weighted by Crippen LogP contribution is -2.24. The molecule has 4 heterocycles. The molecule has 2 amide bonds. The zero-order valence-electron chi connectivity index (χ0n) is 15.6. The fourth-order valence-electron chi connectivity index (χ4n) is 3.21. The molecule has 3 aromatic heterocycles. The second-order valence-electron chi connectivity index (χ2n) is 6.40. The number of carbonyl (C=O) groups excluding carboxylic acids is 2. The summed E-state index contributed by atoms with van der Waals surface area (Å²) in [6.07, 6.45) is 1.63. The fourth-order valence-corrected chi connectivity index (χ4v) is 3.21. The molecule has 0 fully saturated rings. The molecule has 0 aromatic carbocycles. The van der Waals surface area contributed by atoms with Crippen molar-refractivity contribution < 1.29 is 14.3 Å². The van der Waals surface area contributed by atoms with E-state index in [1.54, 1.807) is 29.3 Å². The van der Waals surface area contributed by atoms with E-state index >= 15 is 0 Å². The van der Waals surface area contributed by atoms with Crippen LogP contribution in [0.4, 0.5) is 0 Å². The van der Waals surface area contributed by atoms with Gasteiger partial charge >= 0.3 is 0 Å². The molecule has 0 unspecified atom stereocenters. The highest BCUT2D eigenvalue weighted by Crippen LogP contribution is 2.27. The Bertz CT molecular complexity index is 1080. The lowest BCUT2D eigenvalue weighted by molar-refractivity contribution is 0.0786. The van der Waals surface area contributed by atoms with Crippen LogP contribution in [0.1, 0.15) is 39.0 Å². The predicted octanol–water partition coefficient (Wildman–Crippen LogP) is 1.94. The van der Waals surface area contributed by atoms with Gasteiger partial charge in [0, 0.05) is 30.2 Å². The van der Waals surface area contributed by atoms with E-state index in [2.05, 4.69) is 20.3 Å². The zero-order chi connectivity index (χ0) is 19.7. The van der Waals surface area contributed by atoms with Crippen LogP contribution in [0.3, 0.4) is 0 Å². The first-order valence-electron chi connectivity index (χ1n) is 8.96. The Hall–Kier alpha value is -3.55. The van der Waals surface area contributed by atoms with E-state index in [0.29, 0.717) is 41.4 Å². The second-order valence-corrected chi connectivity index (χ2v) is 6.40. The van der Waals surface area contributed by atoms with Crippen LogP contribution >= 0.6 is 0 Å². The summed E-state index contributed by atoms with van der Waals surface area (Å²) in [5, 5.41) is 3.68. The predicted molar refractivity (Wildman–Crippen MR) is 102 cm³/mol. The van der Waals surface area contributed by atoms with Gasteiger partial charge < -0.3 is 15.0 Å². The molecule has 3 aromatic rings. The highest BCUT2D eigenvalue weighted by Gasteiger charge is 2.29. The molecule has 8 nitrogen and oxygen atoms in total. The van der Waals surface area contributed by atoms with E-state index in [0.717, 1.165) is 5.39 Å². The molecule has 0 atom stereocenters. The number of aromatic nitrogens is 3. The molecular formula is C20H19N5O3. The van der Waals surface area contributed by atoms with Crippen molar-refractivity contribution in [3.05, 3.63) is 59.0 Å². The Kier molecular flexibility index (Phi) is 4.60. The molecule has 28 heavy (non-hydrogen) atoms. The van der Waals surface area contributed by atoms with Crippen molar-refractivity contribution >= 4 is 22.8 Å². The summed E-state index contributed by atoms with van der Waals surface area (Å²) in [6, 6.07) is 8.90. The fraction of sp³-hybridized carbons (Fsp3) is 0.250. The molecule has 4 rings (SSSR count). The summed E-state index contributed by atoms with van der Waals surface area (Å²) in [4.78, 5) is 39.5. The summed E-state index contributed by atoms with van der Waals surface area (Å²) >= 11 is 0. The number of pyridine rings is 3. The van der Waals surface area contributed by atoms with Crippen molar-refractivity contribution in [1.82, 2.24) is 25.2 Å². The average molecular weight is 377 g/mol. The van der Waals surface area contributed by atoms with E-state index in [-0.39, 0.29) is 24.1 Å². The lowest BCUT2D eigenvalue weighted by Gasteiger charge is -2.10. The molecule has 0 saturated carbocycles. The maximum absolute atomic E-state index is 12.5. The Balaban J connectivity index is 1.55. The third-order valence-electron chi connectivity index (χ3n) is 4.71. The van der Waals surface area contributed by atoms with Crippen molar-refractivity contribution in [1.29, 1.82) is 0 Å². The highest BCUT2D eigenvalue weighted by atomic mass is 16.5. The summed E-state index contributed by atoms with van der Waals surface area (Å²) in [5.41, 5.74) is 2.67. The van der Waals surface area contributed by atoms with Gasteiger partial charge in [0.05, 0.1) is 24.9 Å². The van der Waals surface area contributed by atoms with Crippen LogP contribution in [0.25, 0.3) is 11.0 Å². The summed E-state index contributed by atoms with van der Waals surface area (Å²) in [6.45, 7) is 3.18. The van der Waals surface area contributed by atoms with Crippen molar-refractivity contribution in [2.24, 2.45) is 0 Å². The number of fused-ring (bicyclic) bond motifs is 2. The number of methoxy groups -OCH3 is 1. The van der Waals surface area contributed by atoms with Crippen molar-refractivity contribution in [3.63, 3.8) is 0 Å². The molecule has 0 saturated heterocycles. The number of amides is 2. The Morgan fingerprint density at radius 1 is 1.29 bits per heavy atom. The van der Waals surface area contributed by atoms with Gasteiger partial charge in [-0.15, -0.1) is 0 Å². The molecule has 1 aliphatic heterocycles. The number of carbonyl (C=O) groups is 2. The van der Waals surface area contributed by atoms with Crippen LogP contribution in [0.15, 0.2) is 36.5 Å². The van der Waals surface area contributed by atoms with Crippen molar-refractivity contribution in [2.45, 2.75) is 20.0 Å². The number of rotatable bonds is 5. The monoisotopic (exact) mass is 377 g/mol. The van der Waals surface area contributed by atoms with E-state index in [4.69, 9.17) is 4.74 Å². The normalized spacial score (nSPS) is 12.9. The third kappa shape index (κ3) is 3.13. The second kappa shape index (κ2) is 7.22. The van der Waals surface area contributed by atoms with Gasteiger partial charge in [0.2, 0.25) is 5.88 Å². The van der Waals surface area contributed by atoms with Gasteiger partial charge in [-0.1, -0.05) is 0 Å². The van der Waals surface area contributed by atoms with E-state index in [1.165, 1.54) is 7.11 Å². The molecule has 0 bridgehead atoms. The first kappa shape index (κ1) is 17.8. The molecule has 142 valence electrons. The van der Waals surface area contributed by atoms with E-state index in [1.807, 2.05) is 19.1 Å². The SMILES string of the molecule is CCN1Cc2nc(OC)c(CNC(=O)c3ccc4cccnc4n3)cc2C1=O. The smallest absolute Gasteiger partial charge is 0.270 e. The van der Waals surface area contributed by atoms with Crippen molar-refractivity contribution in [2.75, 3.05) is 13.7 Å². The topological polar surface area (TPSA) is 97.3 Å². The molecule has 0 radical (unpaired) electrons. The van der Waals surface area contributed by atoms with Crippen LogP contribution < -0.4 is 10.1 Å². The Morgan fingerprint density at radius 2 is 2.14 bits per heavy atom. The van der Waals surface area contributed by atoms with Gasteiger partial charge in [0.1, 0.15) is 5.69 Å². The van der Waals surface area contributed by atoms with E-state index in [9.17, 15) is 9.59 Å². The zero-order valence-corrected chi connectivity index (χ0v) is 15.6. The number of hydrogen-bond acceptors (Lipinski definition) is 6. The van der Waals surface area contributed by atoms with Gasteiger partial charge in [0.15, 0.2) is 5.65 Å². The van der Waals surface area contributed by atoms with Crippen LogP contribution in [0.5, 0.6) is 5.88 Å². The minimum absolute atomic E-state index is 0.0532. The molecule has 0 aliphatic carbocycles. The summed E-state index contributed by atoms with van der Waals surface area (Å²) < 4.78 is 5.35. The number of hydrogen-bond donors (Lipinski definition) is 1. The van der Waals surface area contributed by atoms with Crippen molar-refractivity contribution in [3.8, 4) is 5.88 Å². The maximum Gasteiger partial charge on any atom is 0.270 e. The van der Waals surface area contributed by atoms with Gasteiger partial charge in [-0.3, -0.25) is 9.59 Å². The minimum Gasteiger partial charge on any atom is -0.481 e. The average Bonchev–Trinajstić information content (AvgIpc) is 3.05. The van der Waals surface area contributed by atoms with Gasteiger partial charge in [-0.05, 0) is 37.3 Å². The molecule has 1 N–H and O–H groups in total. The Morgan fingerprint density at radius 3 is 2.93 bits per heavy atom.